The lowest BCUT2D eigenvalue weighted by molar-refractivity contribution is -0.144. The summed E-state index contributed by atoms with van der Waals surface area (Å²) in [5, 5.41) is 1.13. The first kappa shape index (κ1) is 13.6. The van der Waals surface area contributed by atoms with E-state index in [2.05, 4.69) is 25.8 Å². The molecule has 16 heavy (non-hydrogen) atoms. The molecule has 0 bridgehead atoms. The highest BCUT2D eigenvalue weighted by Crippen LogP contribution is 2.32. The van der Waals surface area contributed by atoms with Gasteiger partial charge in [0.05, 0.1) is 11.7 Å². The number of aliphatic imine (C=N–C) groups is 1. The fraction of sp³-hybridized carbons (Fsp3) is 0.833. The molecule has 0 aromatic rings. The van der Waals surface area contributed by atoms with Crippen molar-refractivity contribution in [1.82, 2.24) is 0 Å². The van der Waals surface area contributed by atoms with Crippen LogP contribution in [0.2, 0.25) is 0 Å². The number of carbonyl (C=O) groups excluding carboxylic acids is 1. The molecule has 0 radical (unpaired) electrons. The Morgan fingerprint density at radius 1 is 1.56 bits per heavy atom. The van der Waals surface area contributed by atoms with Crippen LogP contribution in [0.25, 0.3) is 0 Å². The molecule has 0 spiro atoms. The summed E-state index contributed by atoms with van der Waals surface area (Å²) in [6, 6.07) is -0.263. The van der Waals surface area contributed by atoms with E-state index in [0.29, 0.717) is 18.4 Å². The van der Waals surface area contributed by atoms with Gasteiger partial charge in [0, 0.05) is 5.92 Å². The molecule has 1 aliphatic rings. The first-order valence-corrected chi connectivity index (χ1v) is 6.95. The highest BCUT2D eigenvalue weighted by Gasteiger charge is 2.34. The van der Waals surface area contributed by atoms with Crippen LogP contribution in [0.4, 0.5) is 0 Å². The van der Waals surface area contributed by atoms with Gasteiger partial charge >= 0.3 is 5.97 Å². The summed E-state index contributed by atoms with van der Waals surface area (Å²) in [5.41, 5.74) is 0. The fourth-order valence-corrected chi connectivity index (χ4v) is 2.96. The third-order valence-electron chi connectivity index (χ3n) is 2.73. The predicted octanol–water partition coefficient (Wildman–Crippen LogP) is 2.75. The third-order valence-corrected chi connectivity index (χ3v) is 3.73. The van der Waals surface area contributed by atoms with E-state index in [1.807, 2.05) is 6.92 Å². The Morgan fingerprint density at radius 2 is 2.25 bits per heavy atom. The van der Waals surface area contributed by atoms with E-state index in [9.17, 15) is 4.79 Å². The average molecular weight is 243 g/mol. The van der Waals surface area contributed by atoms with E-state index in [1.165, 1.54) is 0 Å². The summed E-state index contributed by atoms with van der Waals surface area (Å²) in [6.07, 6.45) is 0.818. The van der Waals surface area contributed by atoms with Gasteiger partial charge in [0.25, 0.3) is 0 Å². The van der Waals surface area contributed by atoms with E-state index in [4.69, 9.17) is 4.74 Å². The molecule has 0 saturated heterocycles. The van der Waals surface area contributed by atoms with Gasteiger partial charge in [-0.2, -0.15) is 0 Å². The van der Waals surface area contributed by atoms with Gasteiger partial charge in [0.1, 0.15) is 6.04 Å². The molecule has 0 amide bonds. The second-order valence-corrected chi connectivity index (χ2v) is 5.54. The van der Waals surface area contributed by atoms with Crippen LogP contribution in [0.3, 0.4) is 0 Å². The molecule has 3 nitrogen and oxygen atoms in total. The highest BCUT2D eigenvalue weighted by atomic mass is 32.2. The van der Waals surface area contributed by atoms with Crippen LogP contribution >= 0.6 is 11.8 Å². The Labute approximate surface area is 102 Å². The molecule has 0 aromatic carbocycles. The molecule has 1 rings (SSSR count). The lowest BCUT2D eigenvalue weighted by Crippen LogP contribution is -2.21. The van der Waals surface area contributed by atoms with Gasteiger partial charge in [-0.1, -0.05) is 20.8 Å². The van der Waals surface area contributed by atoms with Gasteiger partial charge < -0.3 is 4.74 Å². The number of esters is 1. The maximum atomic E-state index is 11.6. The van der Waals surface area contributed by atoms with Crippen molar-refractivity contribution in [1.29, 1.82) is 0 Å². The van der Waals surface area contributed by atoms with Crippen LogP contribution in [-0.2, 0) is 9.53 Å². The zero-order chi connectivity index (χ0) is 12.1. The molecule has 92 valence electrons. The molecular formula is C12H21NO2S. The van der Waals surface area contributed by atoms with Crippen LogP contribution in [0.1, 0.15) is 34.1 Å². The quantitative estimate of drug-likeness (QED) is 0.713. The lowest BCUT2D eigenvalue weighted by atomic mass is 9.93. The van der Waals surface area contributed by atoms with Crippen molar-refractivity contribution in [3.63, 3.8) is 0 Å². The van der Waals surface area contributed by atoms with Crippen molar-refractivity contribution in [3.05, 3.63) is 0 Å². The summed E-state index contributed by atoms with van der Waals surface area (Å²) in [6.45, 7) is 8.75. The largest absolute Gasteiger partial charge is 0.464 e. The van der Waals surface area contributed by atoms with Crippen LogP contribution < -0.4 is 0 Å². The standard InChI is InChI=1S/C12H21NO2S/c1-5-15-12(14)10-7-9(8(3)4)11(13-10)16-6-2/h8-10H,5-7H2,1-4H3/t9-,10-/m1/s1. The normalized spacial score (nSPS) is 24.7. The minimum absolute atomic E-state index is 0.167. The molecule has 0 N–H and O–H groups in total. The molecule has 0 fully saturated rings. The minimum Gasteiger partial charge on any atom is -0.464 e. The summed E-state index contributed by atoms with van der Waals surface area (Å²) >= 11 is 1.76. The van der Waals surface area contributed by atoms with Crippen LogP contribution in [0, 0.1) is 11.8 Å². The Balaban J connectivity index is 2.68. The van der Waals surface area contributed by atoms with E-state index >= 15 is 0 Å². The molecule has 0 saturated carbocycles. The van der Waals surface area contributed by atoms with Crippen molar-refractivity contribution in [2.24, 2.45) is 16.8 Å². The van der Waals surface area contributed by atoms with E-state index in [-0.39, 0.29) is 12.0 Å². The topological polar surface area (TPSA) is 38.7 Å². The second kappa shape index (κ2) is 6.28. The number of carbonyl (C=O) groups is 1. The van der Waals surface area contributed by atoms with Crippen molar-refractivity contribution >= 4 is 22.8 Å². The number of hydrogen-bond acceptors (Lipinski definition) is 4. The second-order valence-electron chi connectivity index (χ2n) is 4.25. The lowest BCUT2D eigenvalue weighted by Gasteiger charge is -2.16. The van der Waals surface area contributed by atoms with Crippen molar-refractivity contribution in [3.8, 4) is 0 Å². The number of rotatable bonds is 4. The first-order valence-electron chi connectivity index (χ1n) is 5.97. The number of thioether (sulfide) groups is 1. The third kappa shape index (κ3) is 3.24. The summed E-state index contributed by atoms with van der Waals surface area (Å²) in [5.74, 6) is 1.81. The molecule has 1 heterocycles. The highest BCUT2D eigenvalue weighted by molar-refractivity contribution is 8.13. The molecule has 1 aliphatic heterocycles. The van der Waals surface area contributed by atoms with Gasteiger partial charge in [0.2, 0.25) is 0 Å². The number of nitrogens with zero attached hydrogens (tertiary/aromatic N) is 1. The summed E-state index contributed by atoms with van der Waals surface area (Å²) < 4.78 is 5.03. The first-order chi connectivity index (χ1) is 7.60. The van der Waals surface area contributed by atoms with E-state index in [0.717, 1.165) is 17.2 Å². The molecule has 0 aromatic heterocycles. The van der Waals surface area contributed by atoms with Crippen LogP contribution in [0.15, 0.2) is 4.99 Å². The Kier molecular flexibility index (Phi) is 5.32. The van der Waals surface area contributed by atoms with Crippen molar-refractivity contribution < 1.29 is 9.53 Å². The number of hydrogen-bond donors (Lipinski definition) is 0. The fourth-order valence-electron chi connectivity index (χ4n) is 1.88. The Hall–Kier alpha value is -0.510. The smallest absolute Gasteiger partial charge is 0.330 e. The maximum Gasteiger partial charge on any atom is 0.330 e. The van der Waals surface area contributed by atoms with Gasteiger partial charge in [0.15, 0.2) is 0 Å². The van der Waals surface area contributed by atoms with Gasteiger partial charge in [-0.15, -0.1) is 11.8 Å². The van der Waals surface area contributed by atoms with E-state index < -0.39 is 0 Å². The average Bonchev–Trinajstić information content (AvgIpc) is 2.63. The predicted molar refractivity (Wildman–Crippen MR) is 68.9 cm³/mol. The van der Waals surface area contributed by atoms with Gasteiger partial charge in [-0.25, -0.2) is 4.79 Å². The molecule has 0 unspecified atom stereocenters. The molecular weight excluding hydrogens is 222 g/mol. The van der Waals surface area contributed by atoms with Crippen molar-refractivity contribution in [2.45, 2.75) is 40.2 Å². The summed E-state index contributed by atoms with van der Waals surface area (Å²) in [4.78, 5) is 16.1. The van der Waals surface area contributed by atoms with Crippen LogP contribution in [-0.4, -0.2) is 29.4 Å². The maximum absolute atomic E-state index is 11.6. The zero-order valence-electron chi connectivity index (χ0n) is 10.5. The Bertz CT molecular complexity index is 276. The van der Waals surface area contributed by atoms with E-state index in [1.54, 1.807) is 11.8 Å². The van der Waals surface area contributed by atoms with Crippen molar-refractivity contribution in [2.75, 3.05) is 12.4 Å². The monoisotopic (exact) mass is 243 g/mol. The minimum atomic E-state index is -0.263. The van der Waals surface area contributed by atoms with Crippen LogP contribution in [0.5, 0.6) is 0 Å². The summed E-state index contributed by atoms with van der Waals surface area (Å²) in [7, 11) is 0. The van der Waals surface area contributed by atoms with Gasteiger partial charge in [-0.3, -0.25) is 4.99 Å². The number of ether oxygens (including phenoxy) is 1. The van der Waals surface area contributed by atoms with Gasteiger partial charge in [-0.05, 0) is 25.0 Å². The SMILES string of the molecule is CCOC(=O)[C@H]1C[C@H](C(C)C)C(SCC)=N1. The molecule has 4 heteroatoms. The molecule has 0 aliphatic carbocycles. The zero-order valence-corrected chi connectivity index (χ0v) is 11.3. The molecule has 2 atom stereocenters. The Morgan fingerprint density at radius 3 is 2.75 bits per heavy atom.